The highest BCUT2D eigenvalue weighted by Gasteiger charge is 2.20. The molecule has 1 aliphatic rings. The molecule has 0 bridgehead atoms. The van der Waals surface area contributed by atoms with Gasteiger partial charge in [-0.3, -0.25) is 4.79 Å². The Hall–Kier alpha value is -3.01. The van der Waals surface area contributed by atoms with Gasteiger partial charge in [0.25, 0.3) is 0 Å². The van der Waals surface area contributed by atoms with Crippen LogP contribution in [0.25, 0.3) is 11.3 Å². The zero-order chi connectivity index (χ0) is 19.9. The van der Waals surface area contributed by atoms with Crippen LogP contribution in [0.3, 0.4) is 0 Å². The Morgan fingerprint density at radius 1 is 0.966 bits per heavy atom. The normalized spacial score (nSPS) is 14.1. The van der Waals surface area contributed by atoms with E-state index in [0.717, 1.165) is 29.8 Å². The van der Waals surface area contributed by atoms with E-state index in [2.05, 4.69) is 10.3 Å². The van der Waals surface area contributed by atoms with E-state index in [1.165, 1.54) is 31.2 Å². The van der Waals surface area contributed by atoms with Crippen molar-refractivity contribution in [3.63, 3.8) is 0 Å². The van der Waals surface area contributed by atoms with Gasteiger partial charge in [0.15, 0.2) is 5.82 Å². The first-order valence-electron chi connectivity index (χ1n) is 10.5. The van der Waals surface area contributed by atoms with Gasteiger partial charge in [0, 0.05) is 12.0 Å². The van der Waals surface area contributed by atoms with Crippen molar-refractivity contribution in [1.82, 2.24) is 9.97 Å². The molecule has 0 unspecified atom stereocenters. The third-order valence-corrected chi connectivity index (χ3v) is 5.61. The smallest absolute Gasteiger partial charge is 0.225 e. The number of hydrogen-bond donors (Lipinski definition) is 1. The second-order valence-corrected chi connectivity index (χ2v) is 7.80. The number of aromatic nitrogens is 2. The molecule has 4 nitrogen and oxygen atoms in total. The summed E-state index contributed by atoms with van der Waals surface area (Å²) >= 11 is 0. The molecular weight excluding hydrogens is 358 g/mol. The predicted molar refractivity (Wildman–Crippen MR) is 117 cm³/mol. The van der Waals surface area contributed by atoms with E-state index in [-0.39, 0.29) is 5.91 Å². The lowest BCUT2D eigenvalue weighted by molar-refractivity contribution is -0.116. The van der Waals surface area contributed by atoms with Crippen LogP contribution in [0, 0.1) is 5.92 Å². The number of aryl methyl sites for hydroxylation is 1. The van der Waals surface area contributed by atoms with Crippen molar-refractivity contribution < 1.29 is 4.79 Å². The molecule has 29 heavy (non-hydrogen) atoms. The standard InChI is InChI=1S/C25H27N3O/c29-24(16-15-19-9-3-1-4-10-19)28-25-22(17-20-11-7-8-12-20)27-23(18-26-25)21-13-5-2-6-14-21/h1-6,9-10,13-14,18,20H,7-8,11-12,15-17H2,(H,26,28,29). The maximum Gasteiger partial charge on any atom is 0.225 e. The number of rotatable bonds is 7. The Labute approximate surface area is 172 Å². The number of carbonyl (C=O) groups is 1. The molecule has 0 saturated heterocycles. The Morgan fingerprint density at radius 3 is 2.38 bits per heavy atom. The summed E-state index contributed by atoms with van der Waals surface area (Å²) in [4.78, 5) is 22.0. The van der Waals surface area contributed by atoms with E-state index < -0.39 is 0 Å². The van der Waals surface area contributed by atoms with Crippen LogP contribution in [0.1, 0.15) is 43.4 Å². The molecular formula is C25H27N3O. The quantitative estimate of drug-likeness (QED) is 0.588. The number of hydrogen-bond acceptors (Lipinski definition) is 3. The van der Waals surface area contributed by atoms with E-state index in [0.29, 0.717) is 18.2 Å². The second kappa shape index (κ2) is 9.46. The van der Waals surface area contributed by atoms with Gasteiger partial charge in [-0.25, -0.2) is 9.97 Å². The van der Waals surface area contributed by atoms with Gasteiger partial charge in [-0.15, -0.1) is 0 Å². The van der Waals surface area contributed by atoms with Crippen molar-refractivity contribution in [3.05, 3.63) is 78.1 Å². The topological polar surface area (TPSA) is 54.9 Å². The van der Waals surface area contributed by atoms with Gasteiger partial charge in [0.05, 0.1) is 17.6 Å². The van der Waals surface area contributed by atoms with Crippen molar-refractivity contribution in [2.45, 2.75) is 44.9 Å². The molecule has 0 radical (unpaired) electrons. The van der Waals surface area contributed by atoms with Crippen molar-refractivity contribution >= 4 is 11.7 Å². The molecule has 4 rings (SSSR count). The molecule has 0 aliphatic heterocycles. The van der Waals surface area contributed by atoms with E-state index in [1.807, 2.05) is 60.7 Å². The number of amides is 1. The summed E-state index contributed by atoms with van der Waals surface area (Å²) in [7, 11) is 0. The van der Waals surface area contributed by atoms with Crippen molar-refractivity contribution in [3.8, 4) is 11.3 Å². The third-order valence-electron chi connectivity index (χ3n) is 5.61. The highest BCUT2D eigenvalue weighted by atomic mass is 16.1. The van der Waals surface area contributed by atoms with E-state index in [1.54, 1.807) is 6.20 Å². The Morgan fingerprint density at radius 2 is 1.66 bits per heavy atom. The van der Waals surface area contributed by atoms with Crippen LogP contribution < -0.4 is 5.32 Å². The van der Waals surface area contributed by atoms with Crippen LogP contribution in [-0.4, -0.2) is 15.9 Å². The van der Waals surface area contributed by atoms with Crippen LogP contribution in [0.2, 0.25) is 0 Å². The molecule has 0 atom stereocenters. The van der Waals surface area contributed by atoms with Crippen molar-refractivity contribution in [2.24, 2.45) is 5.92 Å². The fraction of sp³-hybridized carbons (Fsp3) is 0.320. The first-order chi connectivity index (χ1) is 14.3. The number of nitrogens with zero attached hydrogens (tertiary/aromatic N) is 2. The Bertz CT molecular complexity index is 935. The number of anilines is 1. The highest BCUT2D eigenvalue weighted by molar-refractivity contribution is 5.90. The molecule has 1 aliphatic carbocycles. The number of nitrogens with one attached hydrogen (secondary N) is 1. The molecule has 2 aromatic carbocycles. The van der Waals surface area contributed by atoms with Crippen molar-refractivity contribution in [2.75, 3.05) is 5.32 Å². The van der Waals surface area contributed by atoms with Gasteiger partial charge in [-0.05, 0) is 24.3 Å². The minimum Gasteiger partial charge on any atom is -0.309 e. The largest absolute Gasteiger partial charge is 0.309 e. The van der Waals surface area contributed by atoms with Crippen LogP contribution in [-0.2, 0) is 17.6 Å². The molecule has 1 heterocycles. The first-order valence-corrected chi connectivity index (χ1v) is 10.5. The monoisotopic (exact) mass is 385 g/mol. The minimum atomic E-state index is -0.0108. The fourth-order valence-corrected chi connectivity index (χ4v) is 4.01. The summed E-state index contributed by atoms with van der Waals surface area (Å²) in [6, 6.07) is 20.2. The van der Waals surface area contributed by atoms with E-state index in [4.69, 9.17) is 4.98 Å². The average molecular weight is 386 g/mol. The summed E-state index contributed by atoms with van der Waals surface area (Å²) in [6.07, 6.45) is 8.85. The van der Waals surface area contributed by atoms with Crippen LogP contribution in [0.5, 0.6) is 0 Å². The average Bonchev–Trinajstić information content (AvgIpc) is 3.28. The lowest BCUT2D eigenvalue weighted by Gasteiger charge is -2.14. The Kier molecular flexibility index (Phi) is 6.30. The number of benzene rings is 2. The van der Waals surface area contributed by atoms with Gasteiger partial charge in [0.1, 0.15) is 0 Å². The molecule has 148 valence electrons. The van der Waals surface area contributed by atoms with Gasteiger partial charge in [-0.2, -0.15) is 0 Å². The third kappa shape index (κ3) is 5.29. The van der Waals surface area contributed by atoms with Gasteiger partial charge < -0.3 is 5.32 Å². The molecule has 1 aromatic heterocycles. The molecule has 1 saturated carbocycles. The van der Waals surface area contributed by atoms with Gasteiger partial charge in [0.2, 0.25) is 5.91 Å². The molecule has 1 N–H and O–H groups in total. The summed E-state index contributed by atoms with van der Waals surface area (Å²) in [5.41, 5.74) is 3.99. The second-order valence-electron chi connectivity index (χ2n) is 7.80. The summed E-state index contributed by atoms with van der Waals surface area (Å²) in [5.74, 6) is 1.24. The minimum absolute atomic E-state index is 0.0108. The fourth-order valence-electron chi connectivity index (χ4n) is 4.01. The molecule has 4 heteroatoms. The lowest BCUT2D eigenvalue weighted by Crippen LogP contribution is -2.17. The molecule has 3 aromatic rings. The van der Waals surface area contributed by atoms with Crippen molar-refractivity contribution in [1.29, 1.82) is 0 Å². The summed E-state index contributed by atoms with van der Waals surface area (Å²) in [5, 5.41) is 3.02. The Balaban J connectivity index is 1.50. The lowest BCUT2D eigenvalue weighted by atomic mass is 10.0. The first kappa shape index (κ1) is 19.3. The van der Waals surface area contributed by atoms with Gasteiger partial charge in [-0.1, -0.05) is 86.3 Å². The number of carbonyl (C=O) groups excluding carboxylic acids is 1. The highest BCUT2D eigenvalue weighted by Crippen LogP contribution is 2.30. The summed E-state index contributed by atoms with van der Waals surface area (Å²) in [6.45, 7) is 0. The SMILES string of the molecule is O=C(CCc1ccccc1)Nc1ncc(-c2ccccc2)nc1CC1CCCC1. The van der Waals surface area contributed by atoms with Crippen LogP contribution in [0.4, 0.5) is 5.82 Å². The van der Waals surface area contributed by atoms with Crippen LogP contribution in [0.15, 0.2) is 66.9 Å². The van der Waals surface area contributed by atoms with Gasteiger partial charge >= 0.3 is 0 Å². The zero-order valence-corrected chi connectivity index (χ0v) is 16.7. The maximum atomic E-state index is 12.6. The van der Waals surface area contributed by atoms with E-state index in [9.17, 15) is 4.79 Å². The summed E-state index contributed by atoms with van der Waals surface area (Å²) < 4.78 is 0. The maximum absolute atomic E-state index is 12.6. The van der Waals surface area contributed by atoms with E-state index >= 15 is 0 Å². The molecule has 1 fully saturated rings. The van der Waals surface area contributed by atoms with Crippen LogP contribution >= 0.6 is 0 Å². The predicted octanol–water partition coefficient (Wildman–Crippen LogP) is 5.45. The zero-order valence-electron chi connectivity index (χ0n) is 16.7. The molecule has 1 amide bonds. The molecule has 0 spiro atoms.